The summed E-state index contributed by atoms with van der Waals surface area (Å²) in [5.41, 5.74) is 0. The predicted molar refractivity (Wildman–Crippen MR) is 52.9 cm³/mol. The molecule has 0 rings (SSSR count). The van der Waals surface area contributed by atoms with Crippen molar-refractivity contribution in [3.63, 3.8) is 0 Å². The van der Waals surface area contributed by atoms with E-state index in [9.17, 15) is 18.0 Å². The minimum Gasteiger partial charge on any atom is -0.332 e. The molecule has 0 radical (unpaired) electrons. The van der Waals surface area contributed by atoms with Gasteiger partial charge in [0, 0.05) is 18.8 Å². The SMILES string of the molecule is CCCCC(=O)N(CCCl)CC(F)(F)F. The highest BCUT2D eigenvalue weighted by atomic mass is 35.5. The molecule has 0 aliphatic heterocycles. The van der Waals surface area contributed by atoms with E-state index in [1.807, 2.05) is 6.92 Å². The van der Waals surface area contributed by atoms with Crippen LogP contribution >= 0.6 is 11.6 Å². The highest BCUT2D eigenvalue weighted by Crippen LogP contribution is 2.17. The second kappa shape index (κ2) is 6.93. The van der Waals surface area contributed by atoms with Crippen molar-refractivity contribution >= 4 is 17.5 Å². The van der Waals surface area contributed by atoms with Gasteiger partial charge in [0.1, 0.15) is 6.54 Å². The number of rotatable bonds is 6. The average molecular weight is 246 g/mol. The standard InChI is InChI=1S/C9H15ClF3NO/c1-2-3-4-8(15)14(6-5-10)7-9(11,12)13/h2-7H2,1H3. The largest absolute Gasteiger partial charge is 0.406 e. The number of halogens is 4. The van der Waals surface area contributed by atoms with E-state index in [0.717, 1.165) is 11.3 Å². The van der Waals surface area contributed by atoms with Gasteiger partial charge in [-0.1, -0.05) is 13.3 Å². The monoisotopic (exact) mass is 245 g/mol. The summed E-state index contributed by atoms with van der Waals surface area (Å²) < 4.78 is 36.2. The lowest BCUT2D eigenvalue weighted by atomic mass is 10.2. The summed E-state index contributed by atoms with van der Waals surface area (Å²) in [5, 5.41) is 0. The van der Waals surface area contributed by atoms with Crippen LogP contribution in [0.25, 0.3) is 0 Å². The van der Waals surface area contributed by atoms with Gasteiger partial charge < -0.3 is 4.90 Å². The number of unbranched alkanes of at least 4 members (excludes halogenated alkanes) is 1. The quantitative estimate of drug-likeness (QED) is 0.659. The molecule has 6 heteroatoms. The summed E-state index contributed by atoms with van der Waals surface area (Å²) in [5.74, 6) is -0.455. The molecule has 0 aromatic heterocycles. The van der Waals surface area contributed by atoms with E-state index in [1.54, 1.807) is 0 Å². The molecule has 0 saturated carbocycles. The van der Waals surface area contributed by atoms with Crippen LogP contribution < -0.4 is 0 Å². The third kappa shape index (κ3) is 7.48. The lowest BCUT2D eigenvalue weighted by Gasteiger charge is -2.22. The third-order valence-corrected chi connectivity index (χ3v) is 1.99. The van der Waals surface area contributed by atoms with Gasteiger partial charge in [-0.05, 0) is 6.42 Å². The fourth-order valence-corrected chi connectivity index (χ4v) is 1.30. The van der Waals surface area contributed by atoms with Crippen molar-refractivity contribution in [1.29, 1.82) is 0 Å². The van der Waals surface area contributed by atoms with Crippen molar-refractivity contribution in [3.05, 3.63) is 0 Å². The smallest absolute Gasteiger partial charge is 0.332 e. The molecule has 0 aromatic carbocycles. The van der Waals surface area contributed by atoms with Gasteiger partial charge in [0.25, 0.3) is 0 Å². The van der Waals surface area contributed by atoms with Crippen molar-refractivity contribution in [2.45, 2.75) is 32.4 Å². The van der Waals surface area contributed by atoms with Crippen molar-refractivity contribution < 1.29 is 18.0 Å². The molecule has 0 saturated heterocycles. The summed E-state index contributed by atoms with van der Waals surface area (Å²) in [6, 6.07) is 0. The molecule has 1 amide bonds. The zero-order valence-electron chi connectivity index (χ0n) is 8.61. The van der Waals surface area contributed by atoms with Crippen LogP contribution in [0.4, 0.5) is 13.2 Å². The average Bonchev–Trinajstić information content (AvgIpc) is 2.11. The Bertz CT molecular complexity index is 196. The number of amides is 1. The maximum atomic E-state index is 12.1. The van der Waals surface area contributed by atoms with Crippen LogP contribution in [0.15, 0.2) is 0 Å². The van der Waals surface area contributed by atoms with Crippen LogP contribution in [-0.2, 0) is 4.79 Å². The van der Waals surface area contributed by atoms with Gasteiger partial charge in [0.2, 0.25) is 5.91 Å². The molecule has 0 aromatic rings. The second-order valence-electron chi connectivity index (χ2n) is 3.22. The summed E-state index contributed by atoms with van der Waals surface area (Å²) in [6.07, 6.45) is -2.81. The topological polar surface area (TPSA) is 20.3 Å². The van der Waals surface area contributed by atoms with Crippen molar-refractivity contribution in [2.24, 2.45) is 0 Å². The van der Waals surface area contributed by atoms with Gasteiger partial charge in [0.05, 0.1) is 0 Å². The Labute approximate surface area is 92.4 Å². The first-order chi connectivity index (χ1) is 6.90. The molecular weight excluding hydrogens is 231 g/mol. The van der Waals surface area contributed by atoms with Crippen LogP contribution in [0.1, 0.15) is 26.2 Å². The van der Waals surface area contributed by atoms with Gasteiger partial charge in [-0.15, -0.1) is 11.6 Å². The maximum Gasteiger partial charge on any atom is 0.406 e. The predicted octanol–water partition coefficient (Wildman–Crippen LogP) is 2.81. The highest BCUT2D eigenvalue weighted by molar-refractivity contribution is 6.18. The van der Waals surface area contributed by atoms with Gasteiger partial charge in [-0.2, -0.15) is 13.2 Å². The molecule has 0 bridgehead atoms. The van der Waals surface area contributed by atoms with E-state index in [2.05, 4.69) is 0 Å². The number of carbonyl (C=O) groups is 1. The summed E-state index contributed by atoms with van der Waals surface area (Å²) in [4.78, 5) is 12.1. The fourth-order valence-electron chi connectivity index (χ4n) is 1.10. The number of carbonyl (C=O) groups excluding carboxylic acids is 1. The van der Waals surface area contributed by atoms with E-state index >= 15 is 0 Å². The summed E-state index contributed by atoms with van der Waals surface area (Å²) >= 11 is 5.34. The molecule has 0 spiro atoms. The van der Waals surface area contributed by atoms with Crippen molar-refractivity contribution in [1.82, 2.24) is 4.90 Å². The Kier molecular flexibility index (Phi) is 6.72. The highest BCUT2D eigenvalue weighted by Gasteiger charge is 2.32. The number of hydrogen-bond donors (Lipinski definition) is 0. The first kappa shape index (κ1) is 14.6. The molecule has 2 nitrogen and oxygen atoms in total. The van der Waals surface area contributed by atoms with Gasteiger partial charge in [-0.3, -0.25) is 4.79 Å². The second-order valence-corrected chi connectivity index (χ2v) is 3.60. The van der Waals surface area contributed by atoms with E-state index in [1.165, 1.54) is 0 Å². The number of hydrogen-bond acceptors (Lipinski definition) is 1. The molecule has 0 fully saturated rings. The molecule has 90 valence electrons. The molecule has 0 unspecified atom stereocenters. The minimum absolute atomic E-state index is 0.0218. The normalized spacial score (nSPS) is 11.5. The molecule has 0 atom stereocenters. The molecule has 0 heterocycles. The van der Waals surface area contributed by atoms with E-state index in [-0.39, 0.29) is 18.8 Å². The van der Waals surface area contributed by atoms with Gasteiger partial charge >= 0.3 is 6.18 Å². The Morgan fingerprint density at radius 1 is 1.40 bits per heavy atom. The first-order valence-corrected chi connectivity index (χ1v) is 5.34. The molecular formula is C9H15ClF3NO. The zero-order valence-corrected chi connectivity index (χ0v) is 9.37. The third-order valence-electron chi connectivity index (χ3n) is 1.82. The van der Waals surface area contributed by atoms with Crippen LogP contribution in [0.5, 0.6) is 0 Å². The fraction of sp³-hybridized carbons (Fsp3) is 0.889. The Balaban J connectivity index is 4.18. The van der Waals surface area contributed by atoms with Crippen LogP contribution in [-0.4, -0.2) is 36.0 Å². The molecule has 0 N–H and O–H groups in total. The van der Waals surface area contributed by atoms with Crippen LogP contribution in [0, 0.1) is 0 Å². The lowest BCUT2D eigenvalue weighted by Crippen LogP contribution is -2.40. The zero-order chi connectivity index (χ0) is 11.9. The lowest BCUT2D eigenvalue weighted by molar-refractivity contribution is -0.160. The Morgan fingerprint density at radius 3 is 2.40 bits per heavy atom. The Morgan fingerprint density at radius 2 is 2.00 bits per heavy atom. The minimum atomic E-state index is -4.35. The number of nitrogens with zero attached hydrogens (tertiary/aromatic N) is 1. The van der Waals surface area contributed by atoms with E-state index < -0.39 is 18.6 Å². The van der Waals surface area contributed by atoms with E-state index in [0.29, 0.717) is 6.42 Å². The van der Waals surface area contributed by atoms with Crippen molar-refractivity contribution in [2.75, 3.05) is 19.0 Å². The maximum absolute atomic E-state index is 12.1. The van der Waals surface area contributed by atoms with Gasteiger partial charge in [0.15, 0.2) is 0 Å². The summed E-state index contributed by atoms with van der Waals surface area (Å²) in [7, 11) is 0. The summed E-state index contributed by atoms with van der Waals surface area (Å²) in [6.45, 7) is 0.620. The van der Waals surface area contributed by atoms with E-state index in [4.69, 9.17) is 11.6 Å². The number of alkyl halides is 4. The molecule has 0 aliphatic rings. The van der Waals surface area contributed by atoms with Crippen molar-refractivity contribution in [3.8, 4) is 0 Å². The Hall–Kier alpha value is -0.450. The van der Waals surface area contributed by atoms with Crippen LogP contribution in [0.3, 0.4) is 0 Å². The van der Waals surface area contributed by atoms with Gasteiger partial charge in [-0.25, -0.2) is 0 Å². The first-order valence-electron chi connectivity index (χ1n) is 4.81. The molecule has 0 aliphatic carbocycles. The van der Waals surface area contributed by atoms with Crippen LogP contribution in [0.2, 0.25) is 0 Å². The molecule has 15 heavy (non-hydrogen) atoms.